The Bertz CT molecular complexity index is 45.7. The Labute approximate surface area is 61.3 Å². The van der Waals surface area contributed by atoms with Gasteiger partial charge >= 0.3 is 0 Å². The SMILES string of the molecule is CC(C)(C)N.C[SiH](C)C. The van der Waals surface area contributed by atoms with Gasteiger partial charge in [-0.25, -0.2) is 0 Å². The minimum atomic E-state index is -0.139. The van der Waals surface area contributed by atoms with Crippen molar-refractivity contribution in [2.75, 3.05) is 0 Å². The summed E-state index contributed by atoms with van der Waals surface area (Å²) in [4.78, 5) is 0. The van der Waals surface area contributed by atoms with Crippen molar-refractivity contribution in [1.82, 2.24) is 0 Å². The second-order valence-electron chi connectivity index (χ2n) is 4.10. The summed E-state index contributed by atoms with van der Waals surface area (Å²) in [5.74, 6) is 0. The van der Waals surface area contributed by atoms with Gasteiger partial charge < -0.3 is 5.73 Å². The highest BCUT2D eigenvalue weighted by Crippen LogP contribution is 1.88. The van der Waals surface area contributed by atoms with Crippen molar-refractivity contribution in [3.05, 3.63) is 0 Å². The summed E-state index contributed by atoms with van der Waals surface area (Å²) in [6.07, 6.45) is 0. The summed E-state index contributed by atoms with van der Waals surface area (Å²) in [6.45, 7) is 12.8. The van der Waals surface area contributed by atoms with Crippen LogP contribution in [0.15, 0.2) is 0 Å². The lowest BCUT2D eigenvalue weighted by Crippen LogP contribution is -2.26. The molecule has 0 aliphatic carbocycles. The highest BCUT2D eigenvalue weighted by atomic mass is 28.3. The van der Waals surface area contributed by atoms with Crippen LogP contribution < -0.4 is 5.73 Å². The van der Waals surface area contributed by atoms with Gasteiger partial charge in [-0.2, -0.15) is 0 Å². The Morgan fingerprint density at radius 3 is 1.00 bits per heavy atom. The van der Waals surface area contributed by atoms with E-state index in [4.69, 9.17) is 5.73 Å². The summed E-state index contributed by atoms with van der Waals surface area (Å²) < 4.78 is 0. The van der Waals surface area contributed by atoms with E-state index in [1.54, 1.807) is 0 Å². The maximum Gasteiger partial charge on any atom is 0.0274 e. The topological polar surface area (TPSA) is 26.0 Å². The number of rotatable bonds is 0. The summed E-state index contributed by atoms with van der Waals surface area (Å²) in [7, 11) is -0.139. The first kappa shape index (κ1) is 11.9. The molecule has 0 radical (unpaired) electrons. The van der Waals surface area contributed by atoms with Crippen molar-refractivity contribution < 1.29 is 0 Å². The average Bonchev–Trinajstić information content (AvgIpc) is 1.19. The Balaban J connectivity index is 0. The predicted molar refractivity (Wildman–Crippen MR) is 48.7 cm³/mol. The van der Waals surface area contributed by atoms with Crippen LogP contribution in [0.4, 0.5) is 0 Å². The maximum absolute atomic E-state index is 5.35. The molecule has 0 bridgehead atoms. The van der Waals surface area contributed by atoms with E-state index >= 15 is 0 Å². The fourth-order valence-corrected chi connectivity index (χ4v) is 0. The number of nitrogens with two attached hydrogens (primary N) is 1. The van der Waals surface area contributed by atoms with Crippen LogP contribution in [0.1, 0.15) is 20.8 Å². The maximum atomic E-state index is 5.35. The normalized spacial score (nSPS) is 10.7. The van der Waals surface area contributed by atoms with Crippen molar-refractivity contribution in [3.8, 4) is 0 Å². The molecule has 0 aliphatic rings. The van der Waals surface area contributed by atoms with Gasteiger partial charge in [-0.1, -0.05) is 19.6 Å². The Hall–Kier alpha value is 0.177. The second-order valence-corrected chi connectivity index (χ2v) is 7.56. The van der Waals surface area contributed by atoms with E-state index in [9.17, 15) is 0 Å². The Kier molecular flexibility index (Phi) is 6.62. The van der Waals surface area contributed by atoms with E-state index in [2.05, 4.69) is 19.6 Å². The fourth-order valence-electron chi connectivity index (χ4n) is 0. The molecule has 1 nitrogen and oxygen atoms in total. The zero-order valence-electron chi connectivity index (χ0n) is 7.65. The first-order valence-corrected chi connectivity index (χ1v) is 6.98. The van der Waals surface area contributed by atoms with Gasteiger partial charge in [-0.15, -0.1) is 0 Å². The molecule has 58 valence electrons. The monoisotopic (exact) mass is 147 g/mol. The van der Waals surface area contributed by atoms with E-state index in [0.717, 1.165) is 0 Å². The van der Waals surface area contributed by atoms with Crippen molar-refractivity contribution in [3.63, 3.8) is 0 Å². The van der Waals surface area contributed by atoms with Crippen LogP contribution in [0.5, 0.6) is 0 Å². The largest absolute Gasteiger partial charge is 0.326 e. The molecule has 0 aromatic rings. The van der Waals surface area contributed by atoms with E-state index in [0.29, 0.717) is 0 Å². The van der Waals surface area contributed by atoms with Gasteiger partial charge in [0.25, 0.3) is 0 Å². The molecule has 0 spiro atoms. The van der Waals surface area contributed by atoms with Crippen molar-refractivity contribution in [1.29, 1.82) is 0 Å². The summed E-state index contributed by atoms with van der Waals surface area (Å²) in [5, 5.41) is 0. The molecule has 0 aromatic carbocycles. The highest BCUT2D eigenvalue weighted by Gasteiger charge is 1.95. The van der Waals surface area contributed by atoms with Crippen LogP contribution in [-0.2, 0) is 0 Å². The van der Waals surface area contributed by atoms with E-state index in [-0.39, 0.29) is 14.3 Å². The summed E-state index contributed by atoms with van der Waals surface area (Å²) in [5.41, 5.74) is 5.35. The summed E-state index contributed by atoms with van der Waals surface area (Å²) >= 11 is 0. The predicted octanol–water partition coefficient (Wildman–Crippen LogP) is 1.85. The molecule has 0 rings (SSSR count). The lowest BCUT2D eigenvalue weighted by atomic mass is 10.1. The second kappa shape index (κ2) is 5.00. The van der Waals surface area contributed by atoms with Gasteiger partial charge in [0.2, 0.25) is 0 Å². The van der Waals surface area contributed by atoms with E-state index < -0.39 is 0 Å². The summed E-state index contributed by atoms with van der Waals surface area (Å²) in [6, 6.07) is 0. The molecule has 0 unspecified atom stereocenters. The molecular weight excluding hydrogens is 126 g/mol. The minimum Gasteiger partial charge on any atom is -0.326 e. The zero-order chi connectivity index (χ0) is 8.08. The lowest BCUT2D eigenvalue weighted by molar-refractivity contribution is 0.580. The third-order valence-electron chi connectivity index (χ3n) is 0. The van der Waals surface area contributed by atoms with Crippen LogP contribution in [0.2, 0.25) is 19.6 Å². The zero-order valence-corrected chi connectivity index (χ0v) is 8.81. The van der Waals surface area contributed by atoms with Crippen LogP contribution >= 0.6 is 0 Å². The smallest absolute Gasteiger partial charge is 0.0274 e. The van der Waals surface area contributed by atoms with Gasteiger partial charge in [-0.3, -0.25) is 0 Å². The van der Waals surface area contributed by atoms with Crippen LogP contribution in [-0.4, -0.2) is 14.3 Å². The Morgan fingerprint density at radius 1 is 1.00 bits per heavy atom. The molecule has 0 aliphatic heterocycles. The van der Waals surface area contributed by atoms with E-state index in [1.807, 2.05) is 20.8 Å². The van der Waals surface area contributed by atoms with E-state index in [1.165, 1.54) is 0 Å². The Morgan fingerprint density at radius 2 is 1.00 bits per heavy atom. The molecule has 0 amide bonds. The molecule has 9 heavy (non-hydrogen) atoms. The van der Waals surface area contributed by atoms with Gasteiger partial charge in [0.1, 0.15) is 0 Å². The molecule has 2 heteroatoms. The van der Waals surface area contributed by atoms with Gasteiger partial charge in [0.05, 0.1) is 0 Å². The average molecular weight is 147 g/mol. The molecule has 0 saturated carbocycles. The van der Waals surface area contributed by atoms with Gasteiger partial charge in [0, 0.05) is 14.3 Å². The molecule has 0 heterocycles. The van der Waals surface area contributed by atoms with Gasteiger partial charge in [0.15, 0.2) is 0 Å². The van der Waals surface area contributed by atoms with Crippen LogP contribution in [0.3, 0.4) is 0 Å². The van der Waals surface area contributed by atoms with Crippen molar-refractivity contribution in [2.24, 2.45) is 5.73 Å². The molecule has 2 N–H and O–H groups in total. The molecule has 0 saturated heterocycles. The minimum absolute atomic E-state index is 0. The van der Waals surface area contributed by atoms with Crippen LogP contribution in [0, 0.1) is 0 Å². The standard InChI is InChI=1S/C4H11N.C3H10Si/c1-4(2,3)5;1-4(2)3/h5H2,1-3H3;4H,1-3H3. The third-order valence-corrected chi connectivity index (χ3v) is 0. The lowest BCUT2D eigenvalue weighted by Gasteiger charge is -2.06. The highest BCUT2D eigenvalue weighted by molar-refractivity contribution is 6.54. The number of hydrogen-bond acceptors (Lipinski definition) is 1. The third kappa shape index (κ3) is 9970. The molecular formula is C7H21NSi. The first-order valence-electron chi connectivity index (χ1n) is 3.52. The quantitative estimate of drug-likeness (QED) is 0.520. The van der Waals surface area contributed by atoms with Crippen LogP contribution in [0.25, 0.3) is 0 Å². The number of hydrogen-bond donors (Lipinski definition) is 1. The molecule has 0 aromatic heterocycles. The first-order chi connectivity index (χ1) is 3.73. The molecule has 0 fully saturated rings. The fraction of sp³-hybridized carbons (Fsp3) is 1.00. The van der Waals surface area contributed by atoms with Crippen molar-refractivity contribution >= 4 is 8.80 Å². The molecule has 0 atom stereocenters. The van der Waals surface area contributed by atoms with Crippen molar-refractivity contribution in [2.45, 2.75) is 46.0 Å². The van der Waals surface area contributed by atoms with Gasteiger partial charge in [-0.05, 0) is 20.8 Å².